The van der Waals surface area contributed by atoms with Gasteiger partial charge in [0.1, 0.15) is 11.4 Å². The Labute approximate surface area is 199 Å². The van der Waals surface area contributed by atoms with Crippen molar-refractivity contribution in [2.75, 3.05) is 31.7 Å². The Kier molecular flexibility index (Phi) is 7.94. The maximum atomic E-state index is 12.5. The summed E-state index contributed by atoms with van der Waals surface area (Å²) in [6, 6.07) is 7.51. The standard InChI is InChI=1S/C22H31N3O6S2/c1-22(2,3)31-21(27)23-11-9-19(26)24-20-25(17-13-33(28,29)14-18(17)32-20)12-10-15-5-7-16(30-4)8-6-15/h5-8,17-18H,9-14H2,1-4H3,(H,23,27)/t17-,18-/m0/s1. The van der Waals surface area contributed by atoms with E-state index in [1.165, 1.54) is 11.8 Å². The van der Waals surface area contributed by atoms with E-state index in [-0.39, 0.29) is 41.7 Å². The molecule has 2 saturated heterocycles. The topological polar surface area (TPSA) is 114 Å². The fourth-order valence-corrected chi connectivity index (χ4v) is 7.68. The first kappa shape index (κ1) is 25.4. The van der Waals surface area contributed by atoms with E-state index in [9.17, 15) is 18.0 Å². The smallest absolute Gasteiger partial charge is 0.407 e. The monoisotopic (exact) mass is 497 g/mol. The maximum Gasteiger partial charge on any atom is 0.407 e. The molecule has 11 heteroatoms. The molecule has 1 N–H and O–H groups in total. The summed E-state index contributed by atoms with van der Waals surface area (Å²) in [7, 11) is -1.49. The fourth-order valence-electron chi connectivity index (χ4n) is 3.69. The Morgan fingerprint density at radius 1 is 1.21 bits per heavy atom. The molecule has 0 radical (unpaired) electrons. The van der Waals surface area contributed by atoms with Gasteiger partial charge in [0, 0.05) is 24.8 Å². The molecule has 33 heavy (non-hydrogen) atoms. The zero-order chi connectivity index (χ0) is 24.2. The molecule has 0 spiro atoms. The number of hydrogen-bond acceptors (Lipinski definition) is 7. The number of carbonyl (C=O) groups excluding carboxylic acids is 2. The summed E-state index contributed by atoms with van der Waals surface area (Å²) >= 11 is 1.35. The number of thioether (sulfide) groups is 1. The van der Waals surface area contributed by atoms with E-state index in [1.54, 1.807) is 27.9 Å². The number of benzene rings is 1. The Bertz CT molecular complexity index is 1000. The maximum absolute atomic E-state index is 12.5. The van der Waals surface area contributed by atoms with Crippen molar-refractivity contribution in [2.45, 2.75) is 50.5 Å². The number of aliphatic imine (C=N–C) groups is 1. The number of fused-ring (bicyclic) bond motifs is 1. The number of rotatable bonds is 7. The SMILES string of the molecule is COc1ccc(CCN2C(=NC(=O)CCNC(=O)OC(C)(C)C)S[C@H]3CS(=O)(=O)C[C@@H]32)cc1. The number of methoxy groups -OCH3 is 1. The number of amidine groups is 1. The molecule has 2 aliphatic heterocycles. The van der Waals surface area contributed by atoms with E-state index in [2.05, 4.69) is 10.3 Å². The molecule has 2 amide bonds. The van der Waals surface area contributed by atoms with Crippen molar-refractivity contribution in [3.63, 3.8) is 0 Å². The molecule has 0 bridgehead atoms. The fraction of sp³-hybridized carbons (Fsp3) is 0.591. The molecule has 9 nitrogen and oxygen atoms in total. The van der Waals surface area contributed by atoms with Crippen molar-refractivity contribution in [1.29, 1.82) is 0 Å². The number of amides is 2. The highest BCUT2D eigenvalue weighted by molar-refractivity contribution is 8.15. The summed E-state index contributed by atoms with van der Waals surface area (Å²) in [5.41, 5.74) is 0.467. The lowest BCUT2D eigenvalue weighted by atomic mass is 10.1. The summed E-state index contributed by atoms with van der Waals surface area (Å²) in [6.07, 6.45) is 0.129. The van der Waals surface area contributed by atoms with Gasteiger partial charge in [-0.1, -0.05) is 23.9 Å². The van der Waals surface area contributed by atoms with E-state index in [0.29, 0.717) is 18.1 Å². The summed E-state index contributed by atoms with van der Waals surface area (Å²) in [4.78, 5) is 30.4. The third-order valence-electron chi connectivity index (χ3n) is 5.20. The van der Waals surface area contributed by atoms with Gasteiger partial charge in [0.15, 0.2) is 15.0 Å². The molecule has 1 aromatic carbocycles. The van der Waals surface area contributed by atoms with Crippen molar-refractivity contribution < 1.29 is 27.5 Å². The number of nitrogens with one attached hydrogen (secondary N) is 1. The van der Waals surface area contributed by atoms with Gasteiger partial charge in [0.25, 0.3) is 0 Å². The van der Waals surface area contributed by atoms with Crippen LogP contribution in [-0.4, -0.2) is 79.1 Å². The Hall–Kier alpha value is -2.27. The minimum absolute atomic E-state index is 0.0310. The molecule has 2 aliphatic rings. The van der Waals surface area contributed by atoms with Crippen LogP contribution in [0.4, 0.5) is 4.79 Å². The van der Waals surface area contributed by atoms with Crippen LogP contribution in [0.5, 0.6) is 5.75 Å². The largest absolute Gasteiger partial charge is 0.497 e. The minimum atomic E-state index is -3.10. The second-order valence-corrected chi connectivity index (χ2v) is 12.4. The van der Waals surface area contributed by atoms with Gasteiger partial charge in [-0.2, -0.15) is 4.99 Å². The second-order valence-electron chi connectivity index (χ2n) is 9.06. The molecule has 2 atom stereocenters. The molecule has 2 heterocycles. The molecule has 0 unspecified atom stereocenters. The third kappa shape index (κ3) is 7.36. The van der Waals surface area contributed by atoms with Gasteiger partial charge in [0.2, 0.25) is 5.91 Å². The van der Waals surface area contributed by atoms with Crippen LogP contribution in [0, 0.1) is 0 Å². The number of hydrogen-bond donors (Lipinski definition) is 1. The molecular formula is C22H31N3O6S2. The van der Waals surface area contributed by atoms with Crippen LogP contribution in [0.2, 0.25) is 0 Å². The highest BCUT2D eigenvalue weighted by Crippen LogP contribution is 2.38. The van der Waals surface area contributed by atoms with Gasteiger partial charge < -0.3 is 19.7 Å². The van der Waals surface area contributed by atoms with E-state index in [4.69, 9.17) is 9.47 Å². The Morgan fingerprint density at radius 3 is 2.55 bits per heavy atom. The number of alkyl carbamates (subject to hydrolysis) is 1. The van der Waals surface area contributed by atoms with Crippen molar-refractivity contribution >= 4 is 38.8 Å². The van der Waals surface area contributed by atoms with Gasteiger partial charge in [0.05, 0.1) is 24.7 Å². The first-order chi connectivity index (χ1) is 15.5. The van der Waals surface area contributed by atoms with Crippen LogP contribution in [0.3, 0.4) is 0 Å². The van der Waals surface area contributed by atoms with Gasteiger partial charge in [-0.05, 0) is 44.9 Å². The van der Waals surface area contributed by atoms with E-state index in [1.807, 2.05) is 29.2 Å². The summed E-state index contributed by atoms with van der Waals surface area (Å²) in [5.74, 6) is 0.561. The van der Waals surface area contributed by atoms with Gasteiger partial charge in [-0.15, -0.1) is 0 Å². The Balaban J connectivity index is 1.62. The van der Waals surface area contributed by atoms with Gasteiger partial charge >= 0.3 is 6.09 Å². The summed E-state index contributed by atoms with van der Waals surface area (Å²) in [6.45, 7) is 5.95. The van der Waals surface area contributed by atoms with Crippen LogP contribution >= 0.6 is 11.8 Å². The lowest BCUT2D eigenvalue weighted by Crippen LogP contribution is -2.39. The molecule has 182 valence electrons. The number of nitrogens with zero attached hydrogens (tertiary/aromatic N) is 2. The van der Waals surface area contributed by atoms with E-state index >= 15 is 0 Å². The zero-order valence-electron chi connectivity index (χ0n) is 19.4. The number of sulfone groups is 1. The van der Waals surface area contributed by atoms with Gasteiger partial charge in [-0.25, -0.2) is 13.2 Å². The van der Waals surface area contributed by atoms with Crippen LogP contribution in [0.15, 0.2) is 29.3 Å². The summed E-state index contributed by atoms with van der Waals surface area (Å²) in [5, 5.41) is 2.98. The van der Waals surface area contributed by atoms with Crippen molar-refractivity contribution in [2.24, 2.45) is 4.99 Å². The van der Waals surface area contributed by atoms with E-state index < -0.39 is 21.5 Å². The molecular weight excluding hydrogens is 466 g/mol. The second kappa shape index (κ2) is 10.3. The van der Waals surface area contributed by atoms with Crippen molar-refractivity contribution in [1.82, 2.24) is 10.2 Å². The zero-order valence-corrected chi connectivity index (χ0v) is 21.0. The average molecular weight is 498 g/mol. The van der Waals surface area contributed by atoms with Crippen LogP contribution in [-0.2, 0) is 25.8 Å². The number of carbonyl (C=O) groups is 2. The third-order valence-corrected chi connectivity index (χ3v) is 8.45. The van der Waals surface area contributed by atoms with Crippen LogP contribution in [0.25, 0.3) is 0 Å². The number of ether oxygens (including phenoxy) is 2. The lowest BCUT2D eigenvalue weighted by molar-refractivity contribution is -0.117. The Morgan fingerprint density at radius 2 is 1.91 bits per heavy atom. The minimum Gasteiger partial charge on any atom is -0.497 e. The normalized spacial score (nSPS) is 22.8. The van der Waals surface area contributed by atoms with Crippen molar-refractivity contribution in [3.8, 4) is 5.75 Å². The molecule has 0 saturated carbocycles. The molecule has 0 aliphatic carbocycles. The van der Waals surface area contributed by atoms with Crippen LogP contribution in [0.1, 0.15) is 32.8 Å². The molecule has 1 aromatic rings. The van der Waals surface area contributed by atoms with Crippen LogP contribution < -0.4 is 10.1 Å². The predicted octanol–water partition coefficient (Wildman–Crippen LogP) is 2.25. The average Bonchev–Trinajstić information content (AvgIpc) is 3.16. The quantitative estimate of drug-likeness (QED) is 0.610. The first-order valence-electron chi connectivity index (χ1n) is 10.8. The van der Waals surface area contributed by atoms with Gasteiger partial charge in [-0.3, -0.25) is 4.79 Å². The summed E-state index contributed by atoms with van der Waals surface area (Å²) < 4.78 is 34.7. The van der Waals surface area contributed by atoms with E-state index in [0.717, 1.165) is 11.3 Å². The highest BCUT2D eigenvalue weighted by Gasteiger charge is 2.48. The highest BCUT2D eigenvalue weighted by atomic mass is 32.2. The van der Waals surface area contributed by atoms with Crippen molar-refractivity contribution in [3.05, 3.63) is 29.8 Å². The molecule has 0 aromatic heterocycles. The predicted molar refractivity (Wildman–Crippen MR) is 129 cm³/mol. The lowest BCUT2D eigenvalue weighted by Gasteiger charge is -2.24. The molecule has 2 fully saturated rings. The molecule has 3 rings (SSSR count). The first-order valence-corrected chi connectivity index (χ1v) is 13.5.